The molecule has 2 N–H and O–H groups in total. The van der Waals surface area contributed by atoms with Crippen LogP contribution in [-0.4, -0.2) is 21.1 Å². The van der Waals surface area contributed by atoms with E-state index in [9.17, 15) is 9.90 Å². The normalized spacial score (nSPS) is 10.6. The Kier molecular flexibility index (Phi) is 3.74. The molecule has 0 fully saturated rings. The Morgan fingerprint density at radius 1 is 1.09 bits per heavy atom. The summed E-state index contributed by atoms with van der Waals surface area (Å²) in [5.41, 5.74) is 4.18. The van der Waals surface area contributed by atoms with E-state index in [0.29, 0.717) is 17.8 Å². The molecule has 0 aliphatic heterocycles. The Balaban J connectivity index is 1.76. The summed E-state index contributed by atoms with van der Waals surface area (Å²) in [5, 5.41) is 16.3. The number of carbonyl (C=O) groups excluding carboxylic acids is 1. The summed E-state index contributed by atoms with van der Waals surface area (Å²) in [7, 11) is 0. The molecule has 110 valence electrons. The Labute approximate surface area is 128 Å². The zero-order valence-corrected chi connectivity index (χ0v) is 12.2. The molecule has 1 heterocycles. The lowest BCUT2D eigenvalue weighted by Crippen LogP contribution is -2.03. The SMILES string of the molecule is Cc1ccc(CC(=O)c2cc(-c3ccc(O)cc3)n[nH]2)cc1. The number of rotatable bonds is 4. The van der Waals surface area contributed by atoms with E-state index in [1.807, 2.05) is 31.2 Å². The third kappa shape index (κ3) is 3.06. The number of benzene rings is 2. The van der Waals surface area contributed by atoms with Gasteiger partial charge in [-0.2, -0.15) is 5.10 Å². The number of aromatic nitrogens is 2. The van der Waals surface area contributed by atoms with Gasteiger partial charge in [-0.25, -0.2) is 0 Å². The number of phenolic OH excluding ortho intramolecular Hbond substituents is 1. The van der Waals surface area contributed by atoms with Crippen molar-refractivity contribution in [1.29, 1.82) is 0 Å². The van der Waals surface area contributed by atoms with Crippen LogP contribution in [-0.2, 0) is 6.42 Å². The molecule has 4 nitrogen and oxygen atoms in total. The van der Waals surface area contributed by atoms with Crippen LogP contribution >= 0.6 is 0 Å². The van der Waals surface area contributed by atoms with Crippen molar-refractivity contribution >= 4 is 5.78 Å². The van der Waals surface area contributed by atoms with E-state index < -0.39 is 0 Å². The van der Waals surface area contributed by atoms with Crippen LogP contribution in [0.5, 0.6) is 5.75 Å². The number of ketones is 1. The van der Waals surface area contributed by atoms with E-state index in [1.165, 1.54) is 5.56 Å². The fraction of sp³-hybridized carbons (Fsp3) is 0.111. The molecule has 3 rings (SSSR count). The highest BCUT2D eigenvalue weighted by atomic mass is 16.3. The van der Waals surface area contributed by atoms with Crippen LogP contribution in [0.4, 0.5) is 0 Å². The van der Waals surface area contributed by atoms with Crippen molar-refractivity contribution < 1.29 is 9.90 Å². The van der Waals surface area contributed by atoms with Gasteiger partial charge in [0.2, 0.25) is 0 Å². The second-order valence-electron chi connectivity index (χ2n) is 5.30. The number of carbonyl (C=O) groups is 1. The molecule has 0 spiro atoms. The van der Waals surface area contributed by atoms with Gasteiger partial charge in [0.25, 0.3) is 0 Å². The van der Waals surface area contributed by atoms with Gasteiger partial charge < -0.3 is 5.11 Å². The molecule has 22 heavy (non-hydrogen) atoms. The maximum atomic E-state index is 12.3. The maximum Gasteiger partial charge on any atom is 0.184 e. The number of phenols is 1. The predicted octanol–water partition coefficient (Wildman–Crippen LogP) is 3.52. The second kappa shape index (κ2) is 5.85. The van der Waals surface area contributed by atoms with Crippen LogP contribution in [0, 0.1) is 6.92 Å². The zero-order valence-electron chi connectivity index (χ0n) is 12.2. The molecule has 0 amide bonds. The van der Waals surface area contributed by atoms with Crippen LogP contribution < -0.4 is 0 Å². The molecule has 0 atom stereocenters. The molecule has 0 bridgehead atoms. The van der Waals surface area contributed by atoms with E-state index in [2.05, 4.69) is 10.2 Å². The summed E-state index contributed by atoms with van der Waals surface area (Å²) < 4.78 is 0. The van der Waals surface area contributed by atoms with Gasteiger partial charge in [-0.1, -0.05) is 29.8 Å². The lowest BCUT2D eigenvalue weighted by molar-refractivity contribution is 0.0988. The van der Waals surface area contributed by atoms with Gasteiger partial charge in [0.05, 0.1) is 5.69 Å². The van der Waals surface area contributed by atoms with Gasteiger partial charge in [-0.3, -0.25) is 9.89 Å². The molecule has 2 aromatic carbocycles. The van der Waals surface area contributed by atoms with E-state index in [0.717, 1.165) is 11.1 Å². The summed E-state index contributed by atoms with van der Waals surface area (Å²) in [6.07, 6.45) is 0.345. The molecule has 0 radical (unpaired) electrons. The first-order chi connectivity index (χ1) is 10.6. The van der Waals surface area contributed by atoms with Crippen LogP contribution in [0.2, 0.25) is 0 Å². The summed E-state index contributed by atoms with van der Waals surface area (Å²) in [4.78, 5) is 12.3. The van der Waals surface area contributed by atoms with Crippen LogP contribution in [0.3, 0.4) is 0 Å². The van der Waals surface area contributed by atoms with Crippen molar-refractivity contribution in [3.05, 3.63) is 71.4 Å². The predicted molar refractivity (Wildman–Crippen MR) is 84.9 cm³/mol. The fourth-order valence-corrected chi connectivity index (χ4v) is 2.23. The number of aromatic amines is 1. The first-order valence-corrected chi connectivity index (χ1v) is 7.05. The number of aryl methyl sites for hydroxylation is 1. The minimum Gasteiger partial charge on any atom is -0.508 e. The molecule has 4 heteroatoms. The number of hydrogen-bond acceptors (Lipinski definition) is 3. The minimum absolute atomic E-state index is 0.00128. The van der Waals surface area contributed by atoms with Gasteiger partial charge in [-0.05, 0) is 42.8 Å². The second-order valence-corrected chi connectivity index (χ2v) is 5.30. The smallest absolute Gasteiger partial charge is 0.184 e. The Hall–Kier alpha value is -2.88. The molecular formula is C18H16N2O2. The molecule has 0 unspecified atom stereocenters. The van der Waals surface area contributed by atoms with Gasteiger partial charge in [-0.15, -0.1) is 0 Å². The molecule has 0 saturated heterocycles. The van der Waals surface area contributed by atoms with Crippen LogP contribution in [0.1, 0.15) is 21.6 Å². The Morgan fingerprint density at radius 2 is 1.77 bits per heavy atom. The average molecular weight is 292 g/mol. The maximum absolute atomic E-state index is 12.3. The summed E-state index contributed by atoms with van der Waals surface area (Å²) >= 11 is 0. The topological polar surface area (TPSA) is 66.0 Å². The van der Waals surface area contributed by atoms with Crippen LogP contribution in [0.25, 0.3) is 11.3 Å². The Bertz CT molecular complexity index is 787. The van der Waals surface area contributed by atoms with Crippen molar-refractivity contribution in [3.63, 3.8) is 0 Å². The molecule has 3 aromatic rings. The molecule has 0 aliphatic carbocycles. The van der Waals surface area contributed by atoms with Crippen molar-refractivity contribution in [2.45, 2.75) is 13.3 Å². The first-order valence-electron chi connectivity index (χ1n) is 7.05. The third-order valence-electron chi connectivity index (χ3n) is 3.53. The molecule has 1 aromatic heterocycles. The highest BCUT2D eigenvalue weighted by molar-refractivity contribution is 5.96. The number of Topliss-reactive ketones (excluding diaryl/α,β-unsaturated/α-hetero) is 1. The lowest BCUT2D eigenvalue weighted by atomic mass is 10.0. The third-order valence-corrected chi connectivity index (χ3v) is 3.53. The van der Waals surface area contributed by atoms with E-state index in [4.69, 9.17) is 0 Å². The minimum atomic E-state index is 0.00128. The van der Waals surface area contributed by atoms with Gasteiger partial charge in [0, 0.05) is 12.0 Å². The van der Waals surface area contributed by atoms with Crippen molar-refractivity contribution in [3.8, 4) is 17.0 Å². The van der Waals surface area contributed by atoms with E-state index in [1.54, 1.807) is 30.3 Å². The molecular weight excluding hydrogens is 276 g/mol. The first kappa shape index (κ1) is 14.1. The summed E-state index contributed by atoms with van der Waals surface area (Å²) in [6, 6.07) is 16.4. The monoisotopic (exact) mass is 292 g/mol. The van der Waals surface area contributed by atoms with Gasteiger partial charge in [0.15, 0.2) is 5.78 Å². The summed E-state index contributed by atoms with van der Waals surface area (Å²) in [6.45, 7) is 2.02. The Morgan fingerprint density at radius 3 is 2.45 bits per heavy atom. The van der Waals surface area contributed by atoms with Crippen molar-refractivity contribution in [2.75, 3.05) is 0 Å². The van der Waals surface area contributed by atoms with Crippen LogP contribution in [0.15, 0.2) is 54.6 Å². The number of nitrogens with one attached hydrogen (secondary N) is 1. The number of H-pyrrole nitrogens is 1. The number of aromatic hydroxyl groups is 1. The standard InChI is InChI=1S/C18H16N2O2/c1-12-2-4-13(5-3-12)10-18(22)17-11-16(19-20-17)14-6-8-15(21)9-7-14/h2-9,11,21H,10H2,1H3,(H,19,20). The number of hydrogen-bond donors (Lipinski definition) is 2. The molecule has 0 aliphatic rings. The highest BCUT2D eigenvalue weighted by Gasteiger charge is 2.12. The zero-order chi connectivity index (χ0) is 15.5. The summed E-state index contributed by atoms with van der Waals surface area (Å²) in [5.74, 6) is 0.205. The average Bonchev–Trinajstić information content (AvgIpc) is 3.00. The quantitative estimate of drug-likeness (QED) is 0.723. The highest BCUT2D eigenvalue weighted by Crippen LogP contribution is 2.21. The van der Waals surface area contributed by atoms with E-state index >= 15 is 0 Å². The lowest BCUT2D eigenvalue weighted by Gasteiger charge is -1.99. The van der Waals surface area contributed by atoms with Crippen molar-refractivity contribution in [1.82, 2.24) is 10.2 Å². The van der Waals surface area contributed by atoms with Gasteiger partial charge >= 0.3 is 0 Å². The molecule has 0 saturated carbocycles. The number of nitrogens with zero attached hydrogens (tertiary/aromatic N) is 1. The van der Waals surface area contributed by atoms with Gasteiger partial charge in [0.1, 0.15) is 11.4 Å². The van der Waals surface area contributed by atoms with E-state index in [-0.39, 0.29) is 11.5 Å². The fourth-order valence-electron chi connectivity index (χ4n) is 2.23. The van der Waals surface area contributed by atoms with Crippen molar-refractivity contribution in [2.24, 2.45) is 0 Å². The largest absolute Gasteiger partial charge is 0.508 e.